The SMILES string of the molecule is CCNC(Cc1ccc(C)cc1)Cc1cc(F)ccc1C. The summed E-state index contributed by atoms with van der Waals surface area (Å²) in [6, 6.07) is 14.0. The van der Waals surface area contributed by atoms with Gasteiger partial charge in [0.25, 0.3) is 0 Å². The molecular formula is C19H24FN. The van der Waals surface area contributed by atoms with Crippen LogP contribution in [0.3, 0.4) is 0 Å². The van der Waals surface area contributed by atoms with Crippen molar-refractivity contribution in [3.63, 3.8) is 0 Å². The summed E-state index contributed by atoms with van der Waals surface area (Å²) in [4.78, 5) is 0. The van der Waals surface area contributed by atoms with Gasteiger partial charge >= 0.3 is 0 Å². The maximum Gasteiger partial charge on any atom is 0.123 e. The third-order valence-electron chi connectivity index (χ3n) is 3.87. The highest BCUT2D eigenvalue weighted by Crippen LogP contribution is 2.15. The Hall–Kier alpha value is -1.67. The standard InChI is InChI=1S/C19H24FN/c1-4-21-19(11-16-8-5-14(2)6-9-16)13-17-12-18(20)10-7-15(17)3/h5-10,12,19,21H,4,11,13H2,1-3H3. The summed E-state index contributed by atoms with van der Waals surface area (Å²) in [5.74, 6) is -0.152. The lowest BCUT2D eigenvalue weighted by atomic mass is 9.96. The van der Waals surface area contributed by atoms with Crippen LogP contribution < -0.4 is 5.32 Å². The summed E-state index contributed by atoms with van der Waals surface area (Å²) in [6.45, 7) is 7.18. The van der Waals surface area contributed by atoms with Crippen molar-refractivity contribution in [3.8, 4) is 0 Å². The third kappa shape index (κ3) is 4.68. The molecule has 0 aliphatic heterocycles. The molecular weight excluding hydrogens is 261 g/mol. The maximum atomic E-state index is 13.4. The molecule has 0 aliphatic rings. The van der Waals surface area contributed by atoms with Crippen LogP contribution in [0.2, 0.25) is 0 Å². The fourth-order valence-corrected chi connectivity index (χ4v) is 2.64. The van der Waals surface area contributed by atoms with E-state index < -0.39 is 0 Å². The first-order chi connectivity index (χ1) is 10.1. The average molecular weight is 285 g/mol. The van der Waals surface area contributed by atoms with Crippen LogP contribution in [0.25, 0.3) is 0 Å². The molecule has 2 aromatic rings. The number of nitrogens with one attached hydrogen (secondary N) is 1. The average Bonchev–Trinajstić information content (AvgIpc) is 2.45. The van der Waals surface area contributed by atoms with E-state index in [2.05, 4.69) is 43.4 Å². The van der Waals surface area contributed by atoms with Gasteiger partial charge in [0, 0.05) is 6.04 Å². The summed E-state index contributed by atoms with van der Waals surface area (Å²) < 4.78 is 13.4. The van der Waals surface area contributed by atoms with E-state index >= 15 is 0 Å². The molecule has 1 unspecified atom stereocenters. The van der Waals surface area contributed by atoms with Crippen LogP contribution in [0.4, 0.5) is 4.39 Å². The van der Waals surface area contributed by atoms with Crippen molar-refractivity contribution in [2.45, 2.75) is 39.7 Å². The van der Waals surface area contributed by atoms with Crippen molar-refractivity contribution in [2.75, 3.05) is 6.54 Å². The topological polar surface area (TPSA) is 12.0 Å². The Morgan fingerprint density at radius 3 is 2.38 bits per heavy atom. The molecule has 0 saturated heterocycles. The largest absolute Gasteiger partial charge is 0.314 e. The Morgan fingerprint density at radius 1 is 1.00 bits per heavy atom. The molecule has 0 spiro atoms. The third-order valence-corrected chi connectivity index (χ3v) is 3.87. The summed E-state index contributed by atoms with van der Waals surface area (Å²) in [6.07, 6.45) is 1.81. The zero-order valence-corrected chi connectivity index (χ0v) is 13.1. The van der Waals surface area contributed by atoms with Gasteiger partial charge in [0.15, 0.2) is 0 Å². The molecule has 1 atom stereocenters. The lowest BCUT2D eigenvalue weighted by Gasteiger charge is -2.19. The molecule has 0 fully saturated rings. The van der Waals surface area contributed by atoms with E-state index in [1.54, 1.807) is 6.07 Å². The smallest absolute Gasteiger partial charge is 0.123 e. The number of benzene rings is 2. The second-order valence-corrected chi connectivity index (χ2v) is 5.72. The Bertz CT molecular complexity index is 575. The lowest BCUT2D eigenvalue weighted by Crippen LogP contribution is -2.33. The molecule has 2 heteroatoms. The van der Waals surface area contributed by atoms with Gasteiger partial charge in [0.1, 0.15) is 5.82 Å². The van der Waals surface area contributed by atoms with E-state index in [1.807, 2.05) is 13.0 Å². The summed E-state index contributed by atoms with van der Waals surface area (Å²) in [5, 5.41) is 3.52. The molecule has 2 aromatic carbocycles. The molecule has 0 saturated carbocycles. The van der Waals surface area contributed by atoms with Crippen LogP contribution in [0.5, 0.6) is 0 Å². The van der Waals surface area contributed by atoms with Gasteiger partial charge in [0.05, 0.1) is 0 Å². The maximum absolute atomic E-state index is 13.4. The number of halogens is 1. The zero-order chi connectivity index (χ0) is 15.2. The van der Waals surface area contributed by atoms with E-state index in [0.717, 1.165) is 30.5 Å². The van der Waals surface area contributed by atoms with Crippen LogP contribution in [0.15, 0.2) is 42.5 Å². The Morgan fingerprint density at radius 2 is 1.71 bits per heavy atom. The van der Waals surface area contributed by atoms with Crippen molar-refractivity contribution < 1.29 is 4.39 Å². The first kappa shape index (κ1) is 15.7. The quantitative estimate of drug-likeness (QED) is 0.838. The van der Waals surface area contributed by atoms with Crippen molar-refractivity contribution in [3.05, 3.63) is 70.5 Å². The predicted molar refractivity (Wildman–Crippen MR) is 87.2 cm³/mol. The molecule has 0 amide bonds. The van der Waals surface area contributed by atoms with Crippen molar-refractivity contribution in [1.82, 2.24) is 5.32 Å². The van der Waals surface area contributed by atoms with Gasteiger partial charge in [-0.25, -0.2) is 4.39 Å². The molecule has 0 aliphatic carbocycles. The van der Waals surface area contributed by atoms with Crippen molar-refractivity contribution in [1.29, 1.82) is 0 Å². The summed E-state index contributed by atoms with van der Waals surface area (Å²) in [7, 11) is 0. The molecule has 112 valence electrons. The minimum atomic E-state index is -0.152. The van der Waals surface area contributed by atoms with Crippen LogP contribution in [-0.4, -0.2) is 12.6 Å². The molecule has 2 rings (SSSR count). The highest BCUT2D eigenvalue weighted by molar-refractivity contribution is 5.28. The molecule has 21 heavy (non-hydrogen) atoms. The highest BCUT2D eigenvalue weighted by Gasteiger charge is 2.11. The normalized spacial score (nSPS) is 12.4. The van der Waals surface area contributed by atoms with Crippen molar-refractivity contribution >= 4 is 0 Å². The van der Waals surface area contributed by atoms with Crippen LogP contribution >= 0.6 is 0 Å². The van der Waals surface area contributed by atoms with Gasteiger partial charge in [0.2, 0.25) is 0 Å². The van der Waals surface area contributed by atoms with Crippen LogP contribution in [-0.2, 0) is 12.8 Å². The number of hydrogen-bond acceptors (Lipinski definition) is 1. The van der Waals surface area contributed by atoms with Crippen LogP contribution in [0, 0.1) is 19.7 Å². The van der Waals surface area contributed by atoms with Gasteiger partial charge in [-0.05, 0) is 62.1 Å². The van der Waals surface area contributed by atoms with Gasteiger partial charge in [-0.1, -0.05) is 42.8 Å². The zero-order valence-electron chi connectivity index (χ0n) is 13.1. The number of aryl methyl sites for hydroxylation is 2. The number of hydrogen-bond donors (Lipinski definition) is 1. The summed E-state index contributed by atoms with van der Waals surface area (Å²) >= 11 is 0. The van der Waals surface area contributed by atoms with Crippen LogP contribution in [0.1, 0.15) is 29.2 Å². The Labute approximate surface area is 127 Å². The van der Waals surface area contributed by atoms with Gasteiger partial charge < -0.3 is 5.32 Å². The molecule has 0 aromatic heterocycles. The lowest BCUT2D eigenvalue weighted by molar-refractivity contribution is 0.518. The van der Waals surface area contributed by atoms with E-state index in [-0.39, 0.29) is 5.82 Å². The molecule has 0 radical (unpaired) electrons. The second kappa shape index (κ2) is 7.37. The first-order valence-electron chi connectivity index (χ1n) is 7.62. The fraction of sp³-hybridized carbons (Fsp3) is 0.368. The fourth-order valence-electron chi connectivity index (χ4n) is 2.64. The van der Waals surface area contributed by atoms with Gasteiger partial charge in [-0.3, -0.25) is 0 Å². The highest BCUT2D eigenvalue weighted by atomic mass is 19.1. The number of rotatable bonds is 6. The Kier molecular flexibility index (Phi) is 5.51. The first-order valence-corrected chi connectivity index (χ1v) is 7.62. The monoisotopic (exact) mass is 285 g/mol. The molecule has 1 N–H and O–H groups in total. The number of likely N-dealkylation sites (N-methyl/N-ethyl adjacent to an activating group) is 1. The summed E-state index contributed by atoms with van der Waals surface area (Å²) in [5.41, 5.74) is 4.84. The van der Waals surface area contributed by atoms with E-state index in [4.69, 9.17) is 0 Å². The second-order valence-electron chi connectivity index (χ2n) is 5.72. The molecule has 0 bridgehead atoms. The molecule has 0 heterocycles. The van der Waals surface area contributed by atoms with E-state index in [1.165, 1.54) is 17.2 Å². The van der Waals surface area contributed by atoms with Gasteiger partial charge in [-0.2, -0.15) is 0 Å². The predicted octanol–water partition coefficient (Wildman–Crippen LogP) is 4.21. The minimum absolute atomic E-state index is 0.152. The van der Waals surface area contributed by atoms with Crippen molar-refractivity contribution in [2.24, 2.45) is 0 Å². The van der Waals surface area contributed by atoms with E-state index in [9.17, 15) is 4.39 Å². The molecule has 1 nitrogen and oxygen atoms in total. The Balaban J connectivity index is 2.11. The minimum Gasteiger partial charge on any atom is -0.314 e. The van der Waals surface area contributed by atoms with Gasteiger partial charge in [-0.15, -0.1) is 0 Å². The van der Waals surface area contributed by atoms with E-state index in [0.29, 0.717) is 6.04 Å².